The Labute approximate surface area is 162 Å². The maximum Gasteiger partial charge on any atom is 0.256 e. The first kappa shape index (κ1) is 19.3. The van der Waals surface area contributed by atoms with Crippen LogP contribution < -0.4 is 25.0 Å². The van der Waals surface area contributed by atoms with E-state index in [-0.39, 0.29) is 11.0 Å². The normalized spacial score (nSPS) is 10.5. The molecule has 0 saturated heterocycles. The summed E-state index contributed by atoms with van der Waals surface area (Å²) in [4.78, 5) is 28.1. The van der Waals surface area contributed by atoms with E-state index in [0.29, 0.717) is 41.1 Å². The average molecular weight is 382 g/mol. The molecule has 0 unspecified atom stereocenters. The van der Waals surface area contributed by atoms with E-state index in [2.05, 4.69) is 10.3 Å². The van der Waals surface area contributed by atoms with E-state index in [4.69, 9.17) is 14.2 Å². The molecule has 0 aliphatic heterocycles. The molecule has 3 aromatic rings. The Bertz CT molecular complexity index is 1060. The van der Waals surface area contributed by atoms with Gasteiger partial charge in [-0.15, -0.1) is 0 Å². The number of carbonyl (C=O) groups excluding carboxylic acids is 1. The van der Waals surface area contributed by atoms with Crippen molar-refractivity contribution in [3.63, 3.8) is 0 Å². The Hall–Kier alpha value is -3.48. The molecule has 0 aliphatic carbocycles. The minimum atomic E-state index is -0.425. The predicted molar refractivity (Wildman–Crippen MR) is 107 cm³/mol. The molecule has 0 saturated carbocycles. The molecule has 0 radical (unpaired) electrons. The minimum absolute atomic E-state index is 0.0630. The zero-order chi connectivity index (χ0) is 20.1. The van der Waals surface area contributed by atoms with Crippen LogP contribution in [0.25, 0.3) is 10.9 Å². The van der Waals surface area contributed by atoms with Crippen LogP contribution in [0, 0.1) is 0 Å². The van der Waals surface area contributed by atoms with Crippen molar-refractivity contribution in [2.75, 3.05) is 27.9 Å². The molecule has 28 heavy (non-hydrogen) atoms. The summed E-state index contributed by atoms with van der Waals surface area (Å²) in [6.07, 6.45) is 2.00. The van der Waals surface area contributed by atoms with Crippen LogP contribution in [0.3, 0.4) is 0 Å². The highest BCUT2D eigenvalue weighted by atomic mass is 16.5. The first-order chi connectivity index (χ1) is 13.6. The molecule has 1 amide bonds. The van der Waals surface area contributed by atoms with Crippen LogP contribution in [0.15, 0.2) is 47.4 Å². The molecule has 2 N–H and O–H groups in total. The lowest BCUT2D eigenvalue weighted by molar-refractivity contribution is 0.0953. The number of ether oxygens (including phenoxy) is 3. The zero-order valence-corrected chi connectivity index (χ0v) is 16.0. The minimum Gasteiger partial charge on any atom is -0.495 e. The van der Waals surface area contributed by atoms with Crippen LogP contribution in [-0.4, -0.2) is 38.8 Å². The first-order valence-corrected chi connectivity index (χ1v) is 8.76. The van der Waals surface area contributed by atoms with Gasteiger partial charge >= 0.3 is 0 Å². The number of pyridine rings is 1. The van der Waals surface area contributed by atoms with Gasteiger partial charge in [-0.3, -0.25) is 9.59 Å². The lowest BCUT2D eigenvalue weighted by Gasteiger charge is -2.10. The van der Waals surface area contributed by atoms with Crippen LogP contribution in [0.1, 0.15) is 15.9 Å². The van der Waals surface area contributed by atoms with Gasteiger partial charge in [0.15, 0.2) is 11.5 Å². The van der Waals surface area contributed by atoms with Crippen molar-refractivity contribution >= 4 is 16.8 Å². The van der Waals surface area contributed by atoms with Crippen molar-refractivity contribution in [3.05, 3.63) is 63.9 Å². The number of methoxy groups -OCH3 is 3. The maximum atomic E-state index is 12.7. The Morgan fingerprint density at radius 3 is 2.46 bits per heavy atom. The summed E-state index contributed by atoms with van der Waals surface area (Å²) < 4.78 is 15.7. The number of amides is 1. The van der Waals surface area contributed by atoms with Gasteiger partial charge in [0.2, 0.25) is 5.43 Å². The van der Waals surface area contributed by atoms with Gasteiger partial charge in [-0.2, -0.15) is 0 Å². The lowest BCUT2D eigenvalue weighted by Crippen LogP contribution is -2.30. The van der Waals surface area contributed by atoms with Crippen molar-refractivity contribution in [1.29, 1.82) is 0 Å². The van der Waals surface area contributed by atoms with Crippen molar-refractivity contribution in [2.24, 2.45) is 0 Å². The molecular formula is C21H22N2O5. The van der Waals surface area contributed by atoms with Gasteiger partial charge < -0.3 is 24.5 Å². The molecule has 146 valence electrons. The number of para-hydroxylation sites is 1. The number of benzene rings is 2. The molecule has 7 heteroatoms. The fourth-order valence-corrected chi connectivity index (χ4v) is 3.01. The molecule has 0 atom stereocenters. The number of aromatic nitrogens is 1. The first-order valence-electron chi connectivity index (χ1n) is 8.76. The maximum absolute atomic E-state index is 12.7. The van der Waals surface area contributed by atoms with Crippen LogP contribution in [0.5, 0.6) is 17.2 Å². The molecule has 0 aliphatic rings. The van der Waals surface area contributed by atoms with Gasteiger partial charge in [0.1, 0.15) is 11.3 Å². The Morgan fingerprint density at radius 1 is 1.00 bits per heavy atom. The van der Waals surface area contributed by atoms with Crippen LogP contribution in [0.2, 0.25) is 0 Å². The summed E-state index contributed by atoms with van der Waals surface area (Å²) in [7, 11) is 4.68. The molecular weight excluding hydrogens is 360 g/mol. The van der Waals surface area contributed by atoms with E-state index >= 15 is 0 Å². The van der Waals surface area contributed by atoms with E-state index in [1.165, 1.54) is 13.3 Å². The van der Waals surface area contributed by atoms with E-state index in [0.717, 1.165) is 5.56 Å². The fraction of sp³-hybridized carbons (Fsp3) is 0.238. The summed E-state index contributed by atoms with van der Waals surface area (Å²) in [6.45, 7) is 0.379. The topological polar surface area (TPSA) is 89.6 Å². The van der Waals surface area contributed by atoms with Gasteiger partial charge in [0, 0.05) is 12.7 Å². The van der Waals surface area contributed by atoms with Crippen molar-refractivity contribution < 1.29 is 19.0 Å². The molecule has 0 spiro atoms. The highest BCUT2D eigenvalue weighted by molar-refractivity contribution is 5.97. The van der Waals surface area contributed by atoms with Crippen molar-refractivity contribution in [1.82, 2.24) is 10.3 Å². The number of carbonyl (C=O) groups is 1. The fourth-order valence-electron chi connectivity index (χ4n) is 3.01. The molecule has 3 rings (SSSR count). The quantitative estimate of drug-likeness (QED) is 0.655. The molecule has 1 aromatic heterocycles. The SMILES string of the molecule is COc1ccc(CCNC(=O)c2c[nH]c3c(OC)cccc3c2=O)cc1OC. The third-order valence-corrected chi connectivity index (χ3v) is 4.49. The monoisotopic (exact) mass is 382 g/mol. The predicted octanol–water partition coefficient (Wildman–Crippen LogP) is 2.53. The van der Waals surface area contributed by atoms with Gasteiger partial charge in [0.25, 0.3) is 5.91 Å². The number of hydrogen-bond acceptors (Lipinski definition) is 5. The Balaban J connectivity index is 1.72. The summed E-state index contributed by atoms with van der Waals surface area (Å²) in [5.74, 6) is 1.40. The smallest absolute Gasteiger partial charge is 0.256 e. The second kappa shape index (κ2) is 8.47. The second-order valence-electron chi connectivity index (χ2n) is 6.11. The molecule has 7 nitrogen and oxygen atoms in total. The summed E-state index contributed by atoms with van der Waals surface area (Å²) in [5, 5.41) is 3.19. The Kier molecular flexibility index (Phi) is 5.84. The average Bonchev–Trinajstić information content (AvgIpc) is 2.73. The highest BCUT2D eigenvalue weighted by Gasteiger charge is 2.14. The van der Waals surface area contributed by atoms with Gasteiger partial charge in [0.05, 0.1) is 32.2 Å². The van der Waals surface area contributed by atoms with E-state index in [1.54, 1.807) is 32.4 Å². The summed E-state index contributed by atoms with van der Waals surface area (Å²) in [5.41, 5.74) is 1.27. The molecule has 0 bridgehead atoms. The highest BCUT2D eigenvalue weighted by Crippen LogP contribution is 2.27. The number of aromatic amines is 1. The van der Waals surface area contributed by atoms with Gasteiger partial charge in [-0.1, -0.05) is 12.1 Å². The van der Waals surface area contributed by atoms with E-state index in [9.17, 15) is 9.59 Å². The zero-order valence-electron chi connectivity index (χ0n) is 16.0. The van der Waals surface area contributed by atoms with Gasteiger partial charge in [-0.25, -0.2) is 0 Å². The molecule has 1 heterocycles. The third kappa shape index (κ3) is 3.78. The standard InChI is InChI=1S/C21H22N2O5/c1-26-16-8-7-13(11-18(16)28-3)9-10-22-21(25)15-12-23-19-14(20(15)24)5-4-6-17(19)27-2/h4-8,11-12H,9-10H2,1-3H3,(H,22,25)(H,23,24). The largest absolute Gasteiger partial charge is 0.495 e. The van der Waals surface area contributed by atoms with E-state index in [1.807, 2.05) is 18.2 Å². The summed E-state index contributed by atoms with van der Waals surface area (Å²) in [6, 6.07) is 10.7. The number of nitrogens with one attached hydrogen (secondary N) is 2. The van der Waals surface area contributed by atoms with E-state index < -0.39 is 5.91 Å². The van der Waals surface area contributed by atoms with Crippen LogP contribution >= 0.6 is 0 Å². The molecule has 2 aromatic carbocycles. The van der Waals surface area contributed by atoms with Crippen molar-refractivity contribution in [3.8, 4) is 17.2 Å². The van der Waals surface area contributed by atoms with Crippen LogP contribution in [0.4, 0.5) is 0 Å². The molecule has 0 fully saturated rings. The van der Waals surface area contributed by atoms with Crippen molar-refractivity contribution in [2.45, 2.75) is 6.42 Å². The number of H-pyrrole nitrogens is 1. The number of fused-ring (bicyclic) bond motifs is 1. The third-order valence-electron chi connectivity index (χ3n) is 4.49. The number of hydrogen-bond donors (Lipinski definition) is 2. The van der Waals surface area contributed by atoms with Gasteiger partial charge in [-0.05, 0) is 36.2 Å². The van der Waals surface area contributed by atoms with Crippen LogP contribution in [-0.2, 0) is 6.42 Å². The summed E-state index contributed by atoms with van der Waals surface area (Å²) >= 11 is 0. The second-order valence-corrected chi connectivity index (χ2v) is 6.11. The number of rotatable bonds is 7. The Morgan fingerprint density at radius 2 is 1.75 bits per heavy atom. The lowest BCUT2D eigenvalue weighted by atomic mass is 10.1.